The van der Waals surface area contributed by atoms with Crippen molar-refractivity contribution in [3.05, 3.63) is 63.3 Å². The zero-order valence-corrected chi connectivity index (χ0v) is 14.5. The molecular weight excluding hydrogens is 363 g/mol. The molecule has 3 rings (SSSR count). The lowest BCUT2D eigenvalue weighted by molar-refractivity contribution is -0.141. The van der Waals surface area contributed by atoms with Crippen molar-refractivity contribution in [2.24, 2.45) is 0 Å². The van der Waals surface area contributed by atoms with Crippen LogP contribution in [0.2, 0.25) is 0 Å². The molecule has 0 atom stereocenters. The minimum absolute atomic E-state index is 0.158. The van der Waals surface area contributed by atoms with Crippen molar-refractivity contribution in [1.82, 2.24) is 14.9 Å². The van der Waals surface area contributed by atoms with Gasteiger partial charge in [-0.2, -0.15) is 13.2 Å². The van der Waals surface area contributed by atoms with E-state index in [1.54, 1.807) is 17.2 Å². The van der Waals surface area contributed by atoms with E-state index in [-0.39, 0.29) is 31.5 Å². The molecular formula is C18H18F3N3O3. The van der Waals surface area contributed by atoms with Crippen molar-refractivity contribution in [2.75, 3.05) is 13.1 Å². The fraction of sp³-hybridized carbons (Fsp3) is 0.389. The molecule has 1 saturated heterocycles. The Morgan fingerprint density at radius 3 is 2.41 bits per heavy atom. The molecule has 0 unspecified atom stereocenters. The van der Waals surface area contributed by atoms with Crippen molar-refractivity contribution in [1.29, 1.82) is 0 Å². The molecule has 1 amide bonds. The molecule has 1 fully saturated rings. The van der Waals surface area contributed by atoms with E-state index in [1.807, 2.05) is 13.0 Å². The van der Waals surface area contributed by atoms with Crippen molar-refractivity contribution in [2.45, 2.75) is 31.5 Å². The van der Waals surface area contributed by atoms with E-state index in [0.29, 0.717) is 11.8 Å². The van der Waals surface area contributed by atoms with E-state index in [1.165, 1.54) is 4.90 Å². The number of carbonyl (C=O) groups is 1. The van der Waals surface area contributed by atoms with E-state index in [0.717, 1.165) is 11.6 Å². The third-order valence-electron chi connectivity index (χ3n) is 4.71. The number of aromatic amines is 1. The van der Waals surface area contributed by atoms with Crippen LogP contribution in [0.1, 0.15) is 40.2 Å². The number of aromatic nitrogens is 2. The van der Waals surface area contributed by atoms with Gasteiger partial charge in [-0.15, -0.1) is 0 Å². The van der Waals surface area contributed by atoms with Gasteiger partial charge in [0, 0.05) is 19.3 Å². The van der Waals surface area contributed by atoms with Crippen LogP contribution in [0.4, 0.5) is 13.2 Å². The number of alkyl halides is 3. The lowest BCUT2D eigenvalue weighted by Crippen LogP contribution is -2.46. The Kier molecular flexibility index (Phi) is 4.81. The maximum absolute atomic E-state index is 12.6. The Morgan fingerprint density at radius 2 is 1.89 bits per heavy atom. The van der Waals surface area contributed by atoms with E-state index >= 15 is 0 Å². The molecule has 27 heavy (non-hydrogen) atoms. The Bertz CT molecular complexity index is 899. The number of piperidine rings is 1. The molecule has 0 saturated carbocycles. The van der Waals surface area contributed by atoms with Gasteiger partial charge >= 0.3 is 6.18 Å². The zero-order chi connectivity index (χ0) is 19.8. The summed E-state index contributed by atoms with van der Waals surface area (Å²) in [6.07, 6.45) is -2.61. The van der Waals surface area contributed by atoms with Gasteiger partial charge in [0.2, 0.25) is 0 Å². The predicted octanol–water partition coefficient (Wildman–Crippen LogP) is 2.22. The van der Waals surface area contributed by atoms with Crippen LogP contribution in [-0.4, -0.2) is 39.0 Å². The molecule has 144 valence electrons. The average Bonchev–Trinajstić information content (AvgIpc) is 2.61. The lowest BCUT2D eigenvalue weighted by atomic mass is 9.87. The number of carbonyl (C=O) groups excluding carboxylic acids is 1. The second-order valence-corrected chi connectivity index (χ2v) is 6.66. The molecule has 2 N–H and O–H groups in total. The molecule has 0 aromatic carbocycles. The number of likely N-dealkylation sites (tertiary alicyclic amines) is 1. The number of halogens is 3. The molecule has 3 heterocycles. The minimum atomic E-state index is -4.69. The van der Waals surface area contributed by atoms with Crippen molar-refractivity contribution in [3.8, 4) is 0 Å². The first kappa shape index (κ1) is 19.1. The van der Waals surface area contributed by atoms with Gasteiger partial charge in [0.15, 0.2) is 0 Å². The first-order chi connectivity index (χ1) is 12.6. The maximum Gasteiger partial charge on any atom is 0.431 e. The quantitative estimate of drug-likeness (QED) is 0.835. The maximum atomic E-state index is 12.6. The van der Waals surface area contributed by atoms with Crippen LogP contribution in [0.5, 0.6) is 0 Å². The van der Waals surface area contributed by atoms with Crippen LogP contribution in [0.15, 0.2) is 35.3 Å². The van der Waals surface area contributed by atoms with Gasteiger partial charge < -0.3 is 15.0 Å². The molecule has 0 bridgehead atoms. The summed E-state index contributed by atoms with van der Waals surface area (Å²) in [7, 11) is 0. The summed E-state index contributed by atoms with van der Waals surface area (Å²) in [5, 5.41) is 10.8. The predicted molar refractivity (Wildman–Crippen MR) is 90.1 cm³/mol. The van der Waals surface area contributed by atoms with Gasteiger partial charge in [0.25, 0.3) is 11.5 Å². The summed E-state index contributed by atoms with van der Waals surface area (Å²) in [6, 6.07) is 5.12. The SMILES string of the molecule is Cc1ccc(C2(O)CCN(C(=O)c3ccc(C(F)(F)F)[nH]c3=O)CC2)nc1. The minimum Gasteiger partial charge on any atom is -0.383 e. The summed E-state index contributed by atoms with van der Waals surface area (Å²) >= 11 is 0. The highest BCUT2D eigenvalue weighted by Gasteiger charge is 2.37. The highest BCUT2D eigenvalue weighted by atomic mass is 19.4. The van der Waals surface area contributed by atoms with Crippen LogP contribution >= 0.6 is 0 Å². The molecule has 9 heteroatoms. The third kappa shape index (κ3) is 3.87. The monoisotopic (exact) mass is 381 g/mol. The molecule has 0 radical (unpaired) electrons. The van der Waals surface area contributed by atoms with Gasteiger partial charge in [-0.25, -0.2) is 0 Å². The Hall–Kier alpha value is -2.68. The summed E-state index contributed by atoms with van der Waals surface area (Å²) in [5.41, 5.74) is -2.37. The van der Waals surface area contributed by atoms with E-state index in [9.17, 15) is 27.9 Å². The number of hydrogen-bond acceptors (Lipinski definition) is 4. The molecule has 1 aliphatic rings. The Labute approximate surface area is 152 Å². The van der Waals surface area contributed by atoms with E-state index in [4.69, 9.17) is 0 Å². The highest BCUT2D eigenvalue weighted by molar-refractivity contribution is 5.93. The normalized spacial score (nSPS) is 17.0. The molecule has 0 aliphatic carbocycles. The number of nitrogens with zero attached hydrogens (tertiary/aromatic N) is 2. The molecule has 2 aromatic heterocycles. The molecule has 0 spiro atoms. The van der Waals surface area contributed by atoms with Crippen LogP contribution in [0, 0.1) is 6.92 Å². The van der Waals surface area contributed by atoms with E-state index < -0.39 is 28.9 Å². The van der Waals surface area contributed by atoms with E-state index in [2.05, 4.69) is 4.98 Å². The smallest absolute Gasteiger partial charge is 0.383 e. The number of nitrogens with one attached hydrogen (secondary N) is 1. The average molecular weight is 381 g/mol. The summed E-state index contributed by atoms with van der Waals surface area (Å²) in [5.74, 6) is -0.663. The number of amides is 1. The summed E-state index contributed by atoms with van der Waals surface area (Å²) in [4.78, 5) is 31.7. The number of aliphatic hydroxyl groups is 1. The fourth-order valence-corrected chi connectivity index (χ4v) is 3.06. The topological polar surface area (TPSA) is 86.3 Å². The second kappa shape index (κ2) is 6.80. The van der Waals surface area contributed by atoms with Gasteiger partial charge in [-0.1, -0.05) is 6.07 Å². The lowest BCUT2D eigenvalue weighted by Gasteiger charge is -2.37. The first-order valence-corrected chi connectivity index (χ1v) is 8.35. The van der Waals surface area contributed by atoms with Crippen molar-refractivity contribution < 1.29 is 23.1 Å². The Balaban J connectivity index is 1.73. The van der Waals surface area contributed by atoms with Crippen LogP contribution in [-0.2, 0) is 11.8 Å². The third-order valence-corrected chi connectivity index (χ3v) is 4.71. The summed E-state index contributed by atoms with van der Waals surface area (Å²) in [6.45, 7) is 2.19. The fourth-order valence-electron chi connectivity index (χ4n) is 3.06. The number of aryl methyl sites for hydroxylation is 1. The largest absolute Gasteiger partial charge is 0.431 e. The van der Waals surface area contributed by atoms with Crippen molar-refractivity contribution >= 4 is 5.91 Å². The van der Waals surface area contributed by atoms with Gasteiger partial charge in [0.05, 0.1) is 5.69 Å². The Morgan fingerprint density at radius 1 is 1.22 bits per heavy atom. The first-order valence-electron chi connectivity index (χ1n) is 8.35. The standard InChI is InChI=1S/C18H18F3N3O3/c1-11-2-4-13(22-10-11)17(27)6-8-24(9-7-17)16(26)12-3-5-14(18(19,20)21)23-15(12)25/h2-5,10,27H,6-9H2,1H3,(H,23,25). The zero-order valence-electron chi connectivity index (χ0n) is 14.5. The number of pyridine rings is 2. The summed E-state index contributed by atoms with van der Waals surface area (Å²) < 4.78 is 37.9. The van der Waals surface area contributed by atoms with Gasteiger partial charge in [0.1, 0.15) is 16.9 Å². The molecule has 2 aromatic rings. The molecule has 1 aliphatic heterocycles. The van der Waals surface area contributed by atoms with Crippen LogP contribution in [0.3, 0.4) is 0 Å². The van der Waals surface area contributed by atoms with Crippen LogP contribution < -0.4 is 5.56 Å². The number of H-pyrrole nitrogens is 1. The van der Waals surface area contributed by atoms with Gasteiger partial charge in [-0.05, 0) is 43.5 Å². The number of rotatable bonds is 2. The van der Waals surface area contributed by atoms with Crippen molar-refractivity contribution in [3.63, 3.8) is 0 Å². The van der Waals surface area contributed by atoms with Crippen LogP contribution in [0.25, 0.3) is 0 Å². The van der Waals surface area contributed by atoms with Gasteiger partial charge in [-0.3, -0.25) is 14.6 Å². The molecule has 6 nitrogen and oxygen atoms in total. The highest BCUT2D eigenvalue weighted by Crippen LogP contribution is 2.32. The number of hydrogen-bond donors (Lipinski definition) is 2. The second-order valence-electron chi connectivity index (χ2n) is 6.66.